The second-order valence-corrected chi connectivity index (χ2v) is 2.52. The second-order valence-electron chi connectivity index (χ2n) is 2.52. The summed E-state index contributed by atoms with van der Waals surface area (Å²) in [4.78, 5) is 2.41. The molecule has 0 saturated carbocycles. The van der Waals surface area contributed by atoms with Crippen molar-refractivity contribution in [2.45, 2.75) is 6.42 Å². The zero-order valence-corrected chi connectivity index (χ0v) is 5.47. The maximum atomic E-state index is 5.27. The third kappa shape index (κ3) is 0.833. The summed E-state index contributed by atoms with van der Waals surface area (Å²) in [5.74, 6) is 0. The normalized spacial score (nSPS) is 25.8. The van der Waals surface area contributed by atoms with Crippen LogP contribution >= 0.6 is 0 Å². The molecule has 0 bridgehead atoms. The zero-order valence-electron chi connectivity index (χ0n) is 5.47. The van der Waals surface area contributed by atoms with Crippen LogP contribution in [-0.4, -0.2) is 31.2 Å². The molecular weight excluding hydrogens is 114 g/mol. The molecule has 2 aliphatic rings. The van der Waals surface area contributed by atoms with Crippen LogP contribution in [0.25, 0.3) is 0 Å². The molecule has 0 spiro atoms. The lowest BCUT2D eigenvalue weighted by Gasteiger charge is -2.26. The lowest BCUT2D eigenvalue weighted by Crippen LogP contribution is -2.31. The minimum Gasteiger partial charge on any atom is -0.373 e. The average molecular weight is 125 g/mol. The van der Waals surface area contributed by atoms with Gasteiger partial charge in [-0.1, -0.05) is 6.08 Å². The molecule has 0 aromatic carbocycles. The summed E-state index contributed by atoms with van der Waals surface area (Å²) < 4.78 is 5.27. The van der Waals surface area contributed by atoms with Crippen molar-refractivity contribution >= 4 is 0 Å². The van der Waals surface area contributed by atoms with Gasteiger partial charge < -0.3 is 9.64 Å². The molecule has 2 rings (SSSR count). The maximum Gasteiger partial charge on any atom is 0.0862 e. The summed E-state index contributed by atoms with van der Waals surface area (Å²) in [6.07, 6.45) is 3.50. The molecule has 1 saturated heterocycles. The van der Waals surface area contributed by atoms with Crippen LogP contribution in [0, 0.1) is 0 Å². The van der Waals surface area contributed by atoms with Crippen LogP contribution < -0.4 is 0 Å². The molecule has 0 amide bonds. The van der Waals surface area contributed by atoms with Crippen molar-refractivity contribution in [1.29, 1.82) is 0 Å². The molecular formula is C7H11NO. The van der Waals surface area contributed by atoms with Gasteiger partial charge in [-0.25, -0.2) is 0 Å². The molecule has 9 heavy (non-hydrogen) atoms. The molecule has 0 N–H and O–H groups in total. The van der Waals surface area contributed by atoms with Crippen molar-refractivity contribution in [3.63, 3.8) is 0 Å². The Bertz CT molecular complexity index is 142. The summed E-state index contributed by atoms with van der Waals surface area (Å²) in [7, 11) is 0. The molecule has 0 aliphatic carbocycles. The van der Waals surface area contributed by atoms with E-state index < -0.39 is 0 Å². The first-order valence-electron chi connectivity index (χ1n) is 3.48. The predicted octanol–water partition coefficient (Wildman–Crippen LogP) is 0.606. The van der Waals surface area contributed by atoms with E-state index in [0.29, 0.717) is 0 Å². The van der Waals surface area contributed by atoms with Crippen molar-refractivity contribution < 1.29 is 4.74 Å². The Labute approximate surface area is 55.1 Å². The molecule has 2 aliphatic heterocycles. The molecule has 2 heteroatoms. The Balaban J connectivity index is 2.09. The van der Waals surface area contributed by atoms with Gasteiger partial charge in [0.25, 0.3) is 0 Å². The first-order chi connectivity index (χ1) is 4.47. The van der Waals surface area contributed by atoms with Crippen LogP contribution in [0.3, 0.4) is 0 Å². The third-order valence-corrected chi connectivity index (χ3v) is 1.94. The van der Waals surface area contributed by atoms with Gasteiger partial charge in [0.15, 0.2) is 0 Å². The molecule has 0 aromatic rings. The number of morpholine rings is 1. The lowest BCUT2D eigenvalue weighted by atomic mass is 10.4. The van der Waals surface area contributed by atoms with Crippen LogP contribution in [0.2, 0.25) is 0 Å². The van der Waals surface area contributed by atoms with E-state index in [-0.39, 0.29) is 0 Å². The van der Waals surface area contributed by atoms with E-state index in [9.17, 15) is 0 Å². The van der Waals surface area contributed by atoms with Gasteiger partial charge in [-0.05, 0) is 6.42 Å². The average Bonchev–Trinajstić information content (AvgIpc) is 2.33. The summed E-state index contributed by atoms with van der Waals surface area (Å²) in [5, 5.41) is 0. The summed E-state index contributed by atoms with van der Waals surface area (Å²) in [5.41, 5.74) is 1.40. The monoisotopic (exact) mass is 125 g/mol. The predicted molar refractivity (Wildman–Crippen MR) is 35.1 cm³/mol. The Morgan fingerprint density at radius 3 is 3.33 bits per heavy atom. The van der Waals surface area contributed by atoms with E-state index in [1.165, 1.54) is 18.7 Å². The SMILES string of the molecule is C1=C2COCCN2CC1. The molecule has 1 fully saturated rings. The van der Waals surface area contributed by atoms with Crippen LogP contribution in [0.5, 0.6) is 0 Å². The zero-order chi connectivity index (χ0) is 6.10. The van der Waals surface area contributed by atoms with E-state index >= 15 is 0 Å². The highest BCUT2D eigenvalue weighted by Gasteiger charge is 2.17. The number of rotatable bonds is 0. The standard InChI is InChI=1S/C7H11NO/c1-2-7-6-9-5-4-8(7)3-1/h2H,1,3-6H2. The minimum absolute atomic E-state index is 0.847. The lowest BCUT2D eigenvalue weighted by molar-refractivity contribution is 0.0804. The van der Waals surface area contributed by atoms with Crippen molar-refractivity contribution in [3.8, 4) is 0 Å². The van der Waals surface area contributed by atoms with E-state index in [1.807, 2.05) is 0 Å². The highest BCUT2D eigenvalue weighted by atomic mass is 16.5. The van der Waals surface area contributed by atoms with Crippen molar-refractivity contribution in [2.75, 3.05) is 26.3 Å². The van der Waals surface area contributed by atoms with E-state index in [2.05, 4.69) is 11.0 Å². The number of hydrogen-bond donors (Lipinski definition) is 0. The van der Waals surface area contributed by atoms with Crippen LogP contribution in [0.1, 0.15) is 6.42 Å². The van der Waals surface area contributed by atoms with Crippen molar-refractivity contribution in [3.05, 3.63) is 11.8 Å². The first-order valence-corrected chi connectivity index (χ1v) is 3.48. The first kappa shape index (κ1) is 5.30. The van der Waals surface area contributed by atoms with Crippen LogP contribution in [0.15, 0.2) is 11.8 Å². The largest absolute Gasteiger partial charge is 0.373 e. The number of nitrogens with zero attached hydrogens (tertiary/aromatic N) is 1. The fourth-order valence-corrected chi connectivity index (χ4v) is 1.42. The van der Waals surface area contributed by atoms with Gasteiger partial charge in [0.05, 0.1) is 13.2 Å². The molecule has 0 atom stereocenters. The fraction of sp³-hybridized carbons (Fsp3) is 0.714. The quantitative estimate of drug-likeness (QED) is 0.470. The van der Waals surface area contributed by atoms with Gasteiger partial charge >= 0.3 is 0 Å². The molecule has 50 valence electrons. The summed E-state index contributed by atoms with van der Waals surface area (Å²) in [6.45, 7) is 4.09. The van der Waals surface area contributed by atoms with Crippen molar-refractivity contribution in [1.82, 2.24) is 4.90 Å². The molecule has 2 heterocycles. The van der Waals surface area contributed by atoms with Gasteiger partial charge in [-0.15, -0.1) is 0 Å². The number of hydrogen-bond acceptors (Lipinski definition) is 2. The second kappa shape index (κ2) is 2.03. The molecule has 2 nitrogen and oxygen atoms in total. The number of fused-ring (bicyclic) bond motifs is 1. The Morgan fingerprint density at radius 2 is 2.44 bits per heavy atom. The topological polar surface area (TPSA) is 12.5 Å². The highest BCUT2D eigenvalue weighted by molar-refractivity contribution is 5.09. The minimum atomic E-state index is 0.847. The molecule has 0 aromatic heterocycles. The maximum absolute atomic E-state index is 5.27. The fourth-order valence-electron chi connectivity index (χ4n) is 1.42. The van der Waals surface area contributed by atoms with Crippen LogP contribution in [0.4, 0.5) is 0 Å². The van der Waals surface area contributed by atoms with Gasteiger partial charge in [0.1, 0.15) is 0 Å². The van der Waals surface area contributed by atoms with Gasteiger partial charge in [0.2, 0.25) is 0 Å². The summed E-state index contributed by atoms with van der Waals surface area (Å²) >= 11 is 0. The smallest absolute Gasteiger partial charge is 0.0862 e. The van der Waals surface area contributed by atoms with Crippen molar-refractivity contribution in [2.24, 2.45) is 0 Å². The molecule has 0 unspecified atom stereocenters. The van der Waals surface area contributed by atoms with E-state index in [1.54, 1.807) is 0 Å². The van der Waals surface area contributed by atoms with Gasteiger partial charge in [-0.2, -0.15) is 0 Å². The van der Waals surface area contributed by atoms with Crippen LogP contribution in [-0.2, 0) is 4.74 Å². The molecule has 0 radical (unpaired) electrons. The van der Waals surface area contributed by atoms with Gasteiger partial charge in [-0.3, -0.25) is 0 Å². The third-order valence-electron chi connectivity index (χ3n) is 1.94. The Kier molecular flexibility index (Phi) is 1.19. The van der Waals surface area contributed by atoms with E-state index in [0.717, 1.165) is 19.8 Å². The van der Waals surface area contributed by atoms with Gasteiger partial charge in [0, 0.05) is 18.8 Å². The highest BCUT2D eigenvalue weighted by Crippen LogP contribution is 2.17. The van der Waals surface area contributed by atoms with E-state index in [4.69, 9.17) is 4.74 Å². The number of ether oxygens (including phenoxy) is 1. The Hall–Kier alpha value is -0.500. The summed E-state index contributed by atoms with van der Waals surface area (Å²) in [6, 6.07) is 0. The Morgan fingerprint density at radius 1 is 1.44 bits per heavy atom.